The number of fused-ring (bicyclic) bond motifs is 1. The summed E-state index contributed by atoms with van der Waals surface area (Å²) in [6, 6.07) is 7.51. The van der Waals surface area contributed by atoms with Crippen LogP contribution in [0.2, 0.25) is 5.02 Å². The second-order valence-corrected chi connectivity index (χ2v) is 8.09. The highest BCUT2D eigenvalue weighted by Crippen LogP contribution is 2.31. The van der Waals surface area contributed by atoms with Crippen LogP contribution in [0, 0.1) is 0 Å². The molecule has 1 aliphatic rings. The maximum atomic E-state index is 12.7. The fraction of sp³-hybridized carbons (Fsp3) is 0.368. The van der Waals surface area contributed by atoms with Crippen LogP contribution in [0.1, 0.15) is 19.7 Å². The van der Waals surface area contributed by atoms with Gasteiger partial charge in [-0.05, 0) is 31.5 Å². The molecule has 1 N–H and O–H groups in total. The van der Waals surface area contributed by atoms with E-state index in [1.165, 1.54) is 11.3 Å². The van der Waals surface area contributed by atoms with Gasteiger partial charge in [0.2, 0.25) is 0 Å². The van der Waals surface area contributed by atoms with Crippen LogP contribution in [0.4, 0.5) is 0 Å². The molecule has 1 aromatic carbocycles. The SMILES string of the molecule is CC1CN(Cc2nc3scc(-c4ccc(Cl)cc4)c3c(=O)[nH]2)CC(C)O1. The molecule has 5 nitrogen and oxygen atoms in total. The summed E-state index contributed by atoms with van der Waals surface area (Å²) in [4.78, 5) is 23.4. The van der Waals surface area contributed by atoms with E-state index in [9.17, 15) is 4.79 Å². The van der Waals surface area contributed by atoms with Gasteiger partial charge in [0.25, 0.3) is 5.56 Å². The van der Waals surface area contributed by atoms with E-state index in [2.05, 4.69) is 23.7 Å². The highest BCUT2D eigenvalue weighted by Gasteiger charge is 2.23. The summed E-state index contributed by atoms with van der Waals surface area (Å²) in [6.07, 6.45) is 0.375. The molecule has 0 bridgehead atoms. The van der Waals surface area contributed by atoms with Crippen molar-refractivity contribution in [2.45, 2.75) is 32.6 Å². The van der Waals surface area contributed by atoms with Crippen molar-refractivity contribution in [3.8, 4) is 11.1 Å². The Morgan fingerprint density at radius 2 is 1.96 bits per heavy atom. The van der Waals surface area contributed by atoms with Crippen molar-refractivity contribution < 1.29 is 4.74 Å². The van der Waals surface area contributed by atoms with E-state index in [0.29, 0.717) is 22.8 Å². The van der Waals surface area contributed by atoms with Gasteiger partial charge in [-0.15, -0.1) is 11.3 Å². The van der Waals surface area contributed by atoms with Crippen molar-refractivity contribution >= 4 is 33.2 Å². The smallest absolute Gasteiger partial charge is 0.260 e. The number of hydrogen-bond donors (Lipinski definition) is 1. The molecule has 7 heteroatoms. The molecule has 0 radical (unpaired) electrons. The monoisotopic (exact) mass is 389 g/mol. The van der Waals surface area contributed by atoms with Crippen molar-refractivity contribution in [1.29, 1.82) is 0 Å². The molecule has 3 heterocycles. The van der Waals surface area contributed by atoms with Gasteiger partial charge >= 0.3 is 0 Å². The zero-order valence-corrected chi connectivity index (χ0v) is 16.2. The summed E-state index contributed by atoms with van der Waals surface area (Å²) in [7, 11) is 0. The van der Waals surface area contributed by atoms with Crippen LogP contribution in [0.5, 0.6) is 0 Å². The number of nitrogens with zero attached hydrogens (tertiary/aromatic N) is 2. The highest BCUT2D eigenvalue weighted by atomic mass is 35.5. The Morgan fingerprint density at radius 1 is 1.27 bits per heavy atom. The summed E-state index contributed by atoms with van der Waals surface area (Å²) >= 11 is 7.46. The van der Waals surface area contributed by atoms with Gasteiger partial charge in [0.15, 0.2) is 0 Å². The molecule has 0 saturated carbocycles. The minimum Gasteiger partial charge on any atom is -0.373 e. The van der Waals surface area contributed by atoms with Gasteiger partial charge in [0.1, 0.15) is 10.7 Å². The van der Waals surface area contributed by atoms with Crippen molar-refractivity contribution in [2.75, 3.05) is 13.1 Å². The minimum absolute atomic E-state index is 0.0921. The van der Waals surface area contributed by atoms with Gasteiger partial charge in [-0.2, -0.15) is 0 Å². The molecule has 3 aromatic rings. The molecule has 2 aromatic heterocycles. The van der Waals surface area contributed by atoms with Crippen molar-refractivity contribution in [3.05, 3.63) is 50.8 Å². The van der Waals surface area contributed by atoms with Crippen LogP contribution in [-0.2, 0) is 11.3 Å². The summed E-state index contributed by atoms with van der Waals surface area (Å²) in [5.74, 6) is 0.702. The number of morpholine rings is 1. The number of hydrogen-bond acceptors (Lipinski definition) is 5. The lowest BCUT2D eigenvalue weighted by Crippen LogP contribution is -2.45. The van der Waals surface area contributed by atoms with Crippen molar-refractivity contribution in [1.82, 2.24) is 14.9 Å². The average molecular weight is 390 g/mol. The Kier molecular flexibility index (Phi) is 4.84. The first-order chi connectivity index (χ1) is 12.5. The maximum absolute atomic E-state index is 12.7. The minimum atomic E-state index is -0.0921. The van der Waals surface area contributed by atoms with Gasteiger partial charge in [-0.1, -0.05) is 23.7 Å². The van der Waals surface area contributed by atoms with Gasteiger partial charge in [-0.25, -0.2) is 4.98 Å². The van der Waals surface area contributed by atoms with E-state index in [0.717, 1.165) is 29.0 Å². The Hall–Kier alpha value is -1.73. The molecule has 4 rings (SSSR count). The van der Waals surface area contributed by atoms with E-state index < -0.39 is 0 Å². The number of nitrogens with one attached hydrogen (secondary N) is 1. The zero-order chi connectivity index (χ0) is 18.3. The number of rotatable bonds is 3. The van der Waals surface area contributed by atoms with Crippen LogP contribution in [0.3, 0.4) is 0 Å². The van der Waals surface area contributed by atoms with Gasteiger partial charge < -0.3 is 9.72 Å². The molecule has 0 amide bonds. The zero-order valence-electron chi connectivity index (χ0n) is 14.7. The first-order valence-electron chi connectivity index (χ1n) is 8.64. The first kappa shape index (κ1) is 17.7. The second kappa shape index (κ2) is 7.12. The standard InChI is InChI=1S/C19H20ClN3O2S/c1-11-7-23(8-12(2)25-11)9-16-21-18(24)17-15(10-26-19(17)22-16)13-3-5-14(20)6-4-13/h3-6,10-12H,7-9H2,1-2H3,(H,21,22,24). The number of aromatic nitrogens is 2. The Labute approximate surface area is 160 Å². The van der Waals surface area contributed by atoms with Gasteiger partial charge in [0, 0.05) is 29.1 Å². The number of ether oxygens (including phenoxy) is 1. The van der Waals surface area contributed by atoms with E-state index in [-0.39, 0.29) is 17.8 Å². The number of aromatic amines is 1. The normalized spacial score (nSPS) is 21.3. The lowest BCUT2D eigenvalue weighted by molar-refractivity contribution is -0.0710. The number of benzene rings is 1. The first-order valence-corrected chi connectivity index (χ1v) is 9.89. The van der Waals surface area contributed by atoms with E-state index in [4.69, 9.17) is 21.3 Å². The average Bonchev–Trinajstić information content (AvgIpc) is 2.99. The largest absolute Gasteiger partial charge is 0.373 e. The van der Waals surface area contributed by atoms with Crippen molar-refractivity contribution in [2.24, 2.45) is 0 Å². The maximum Gasteiger partial charge on any atom is 0.260 e. The lowest BCUT2D eigenvalue weighted by atomic mass is 10.1. The topological polar surface area (TPSA) is 58.2 Å². The van der Waals surface area contributed by atoms with E-state index in [1.54, 1.807) is 0 Å². The third-order valence-corrected chi connectivity index (χ3v) is 5.64. The van der Waals surface area contributed by atoms with Crippen LogP contribution >= 0.6 is 22.9 Å². The predicted molar refractivity (Wildman–Crippen MR) is 106 cm³/mol. The fourth-order valence-corrected chi connectivity index (χ4v) is 4.63. The fourth-order valence-electron chi connectivity index (χ4n) is 3.54. The van der Waals surface area contributed by atoms with E-state index in [1.807, 2.05) is 29.6 Å². The molecule has 136 valence electrons. The van der Waals surface area contributed by atoms with Crippen LogP contribution in [0.25, 0.3) is 21.3 Å². The summed E-state index contributed by atoms with van der Waals surface area (Å²) < 4.78 is 5.77. The quantitative estimate of drug-likeness (QED) is 0.737. The lowest BCUT2D eigenvalue weighted by Gasteiger charge is -2.34. The van der Waals surface area contributed by atoms with Crippen molar-refractivity contribution in [3.63, 3.8) is 0 Å². The third kappa shape index (κ3) is 3.55. The third-order valence-electron chi connectivity index (χ3n) is 4.52. The molecule has 1 fully saturated rings. The predicted octanol–water partition coefficient (Wildman–Crippen LogP) is 3.91. The Morgan fingerprint density at radius 3 is 2.65 bits per heavy atom. The summed E-state index contributed by atoms with van der Waals surface area (Å²) in [5, 5.41) is 3.31. The van der Waals surface area contributed by atoms with Crippen LogP contribution in [0.15, 0.2) is 34.4 Å². The summed E-state index contributed by atoms with van der Waals surface area (Å²) in [6.45, 7) is 6.44. The summed E-state index contributed by atoms with van der Waals surface area (Å²) in [5.41, 5.74) is 1.78. The number of thiophene rings is 1. The van der Waals surface area contributed by atoms with Crippen LogP contribution < -0.4 is 5.56 Å². The Bertz CT molecular complexity index is 973. The molecule has 2 unspecified atom stereocenters. The molecule has 1 saturated heterocycles. The molecule has 1 aliphatic heterocycles. The molecular formula is C19H20ClN3O2S. The van der Waals surface area contributed by atoms with Gasteiger partial charge in [0.05, 0.1) is 24.1 Å². The molecule has 2 atom stereocenters. The number of halogens is 1. The second-order valence-electron chi connectivity index (χ2n) is 6.80. The Balaban J connectivity index is 1.66. The number of H-pyrrole nitrogens is 1. The molecular weight excluding hydrogens is 370 g/mol. The van der Waals surface area contributed by atoms with E-state index >= 15 is 0 Å². The molecule has 0 spiro atoms. The molecule has 0 aliphatic carbocycles. The highest BCUT2D eigenvalue weighted by molar-refractivity contribution is 7.17. The molecule has 26 heavy (non-hydrogen) atoms. The van der Waals surface area contributed by atoms with Gasteiger partial charge in [-0.3, -0.25) is 9.69 Å². The van der Waals surface area contributed by atoms with Crippen LogP contribution in [-0.4, -0.2) is 40.2 Å².